The summed E-state index contributed by atoms with van der Waals surface area (Å²) in [6, 6.07) is 0.540. The largest absolute Gasteiger partial charge is 0.416 e. The lowest BCUT2D eigenvalue weighted by atomic mass is 9.95. The summed E-state index contributed by atoms with van der Waals surface area (Å²) in [7, 11) is 0. The van der Waals surface area contributed by atoms with Crippen LogP contribution in [0.25, 0.3) is 0 Å². The number of amides is 1. The van der Waals surface area contributed by atoms with Crippen LogP contribution >= 0.6 is 11.8 Å². The number of aryl methyl sites for hydroxylation is 1. The van der Waals surface area contributed by atoms with Crippen molar-refractivity contribution in [2.45, 2.75) is 44.4 Å². The average molecular weight is 324 g/mol. The molecule has 3 fully saturated rings. The number of thioether (sulfide) groups is 1. The maximum absolute atomic E-state index is 12.5. The van der Waals surface area contributed by atoms with Gasteiger partial charge in [-0.05, 0) is 31.7 Å². The number of hydrogen-bond donors (Lipinski definition) is 0. The third-order valence-electron chi connectivity index (χ3n) is 4.52. The maximum Gasteiger partial charge on any atom is 0.277 e. The average Bonchev–Trinajstić information content (AvgIpc) is 2.72. The van der Waals surface area contributed by atoms with Gasteiger partial charge in [0.15, 0.2) is 0 Å². The van der Waals surface area contributed by atoms with Crippen molar-refractivity contribution in [2.24, 2.45) is 5.92 Å². The first kappa shape index (κ1) is 15.8. The molecular weight excluding hydrogens is 300 g/mol. The van der Waals surface area contributed by atoms with Crippen molar-refractivity contribution in [1.29, 1.82) is 0 Å². The van der Waals surface area contributed by atoms with Crippen LogP contribution in [-0.4, -0.2) is 63.9 Å². The Labute approximate surface area is 135 Å². The fraction of sp³-hybridized carbons (Fsp3) is 0.800. The van der Waals surface area contributed by atoms with Crippen molar-refractivity contribution in [1.82, 2.24) is 20.0 Å². The molecule has 0 spiro atoms. The highest BCUT2D eigenvalue weighted by molar-refractivity contribution is 7.99. The van der Waals surface area contributed by atoms with E-state index in [0.29, 0.717) is 28.8 Å². The predicted molar refractivity (Wildman–Crippen MR) is 84.7 cm³/mol. The second-order valence-corrected chi connectivity index (χ2v) is 7.19. The quantitative estimate of drug-likeness (QED) is 0.770. The molecule has 0 aliphatic carbocycles. The minimum absolute atomic E-state index is 0.191. The summed E-state index contributed by atoms with van der Waals surface area (Å²) in [4.78, 5) is 17.1. The minimum atomic E-state index is 0.191. The van der Waals surface area contributed by atoms with Crippen LogP contribution in [-0.2, 0) is 4.79 Å². The second-order valence-electron chi connectivity index (χ2n) is 6.27. The van der Waals surface area contributed by atoms with Gasteiger partial charge in [0.1, 0.15) is 0 Å². The standard InChI is InChI=1S/C15H24N4O2S/c1-3-6-18-7-12-4-5-13(18)9-19(8-12)14(20)10-22-15-17-16-11(2)21-15/h12-13H,3-10H2,1-2H3/t12-,13-/m0/s1. The van der Waals surface area contributed by atoms with Crippen molar-refractivity contribution < 1.29 is 9.21 Å². The van der Waals surface area contributed by atoms with E-state index in [2.05, 4.69) is 22.0 Å². The first-order chi connectivity index (χ1) is 10.7. The van der Waals surface area contributed by atoms with Crippen LogP contribution in [0.3, 0.4) is 0 Å². The van der Waals surface area contributed by atoms with E-state index < -0.39 is 0 Å². The molecule has 7 heteroatoms. The lowest BCUT2D eigenvalue weighted by molar-refractivity contribution is -0.128. The van der Waals surface area contributed by atoms with Crippen molar-refractivity contribution in [3.8, 4) is 0 Å². The Morgan fingerprint density at radius 1 is 1.32 bits per heavy atom. The van der Waals surface area contributed by atoms with Gasteiger partial charge in [-0.3, -0.25) is 9.69 Å². The van der Waals surface area contributed by atoms with Crippen LogP contribution in [0.15, 0.2) is 9.64 Å². The summed E-state index contributed by atoms with van der Waals surface area (Å²) in [5.41, 5.74) is 0. The van der Waals surface area contributed by atoms with Gasteiger partial charge < -0.3 is 9.32 Å². The third kappa shape index (κ3) is 3.63. The van der Waals surface area contributed by atoms with E-state index in [0.717, 1.165) is 26.2 Å². The Balaban J connectivity index is 1.56. The molecule has 2 atom stereocenters. The predicted octanol–water partition coefficient (Wildman–Crippen LogP) is 1.80. The summed E-state index contributed by atoms with van der Waals surface area (Å²) >= 11 is 1.34. The number of piperidine rings is 1. The van der Waals surface area contributed by atoms with Crippen LogP contribution in [0.4, 0.5) is 0 Å². The van der Waals surface area contributed by atoms with Crippen LogP contribution in [0.2, 0.25) is 0 Å². The van der Waals surface area contributed by atoms with E-state index in [1.54, 1.807) is 6.92 Å². The van der Waals surface area contributed by atoms with Crippen LogP contribution in [0.1, 0.15) is 32.1 Å². The number of nitrogens with zero attached hydrogens (tertiary/aromatic N) is 4. The summed E-state index contributed by atoms with van der Waals surface area (Å²) < 4.78 is 5.31. The number of fused-ring (bicyclic) bond motifs is 4. The van der Waals surface area contributed by atoms with Gasteiger partial charge >= 0.3 is 0 Å². The molecule has 0 N–H and O–H groups in total. The van der Waals surface area contributed by atoms with E-state index in [4.69, 9.17) is 4.42 Å². The lowest BCUT2D eigenvalue weighted by Gasteiger charge is -2.35. The van der Waals surface area contributed by atoms with Gasteiger partial charge in [-0.25, -0.2) is 0 Å². The molecule has 2 bridgehead atoms. The third-order valence-corrected chi connectivity index (χ3v) is 5.32. The highest BCUT2D eigenvalue weighted by atomic mass is 32.2. The van der Waals surface area contributed by atoms with Crippen molar-refractivity contribution in [2.75, 3.05) is 31.9 Å². The zero-order valence-corrected chi connectivity index (χ0v) is 14.1. The highest BCUT2D eigenvalue weighted by Gasteiger charge is 2.35. The van der Waals surface area contributed by atoms with E-state index in [-0.39, 0.29) is 5.91 Å². The smallest absolute Gasteiger partial charge is 0.277 e. The van der Waals surface area contributed by atoms with Crippen molar-refractivity contribution in [3.63, 3.8) is 0 Å². The molecule has 0 radical (unpaired) electrons. The van der Waals surface area contributed by atoms with Gasteiger partial charge in [0, 0.05) is 32.6 Å². The van der Waals surface area contributed by atoms with Gasteiger partial charge in [-0.15, -0.1) is 10.2 Å². The van der Waals surface area contributed by atoms with Gasteiger partial charge in [-0.2, -0.15) is 0 Å². The molecule has 3 aliphatic rings. The zero-order chi connectivity index (χ0) is 15.5. The summed E-state index contributed by atoms with van der Waals surface area (Å²) in [5.74, 6) is 1.74. The number of aromatic nitrogens is 2. The fourth-order valence-electron chi connectivity index (χ4n) is 3.50. The maximum atomic E-state index is 12.5. The zero-order valence-electron chi connectivity index (χ0n) is 13.3. The van der Waals surface area contributed by atoms with Gasteiger partial charge in [0.25, 0.3) is 5.22 Å². The monoisotopic (exact) mass is 324 g/mol. The highest BCUT2D eigenvalue weighted by Crippen LogP contribution is 2.28. The Hall–Kier alpha value is -1.08. The molecule has 0 saturated carbocycles. The Bertz CT molecular complexity index is 521. The Morgan fingerprint density at radius 2 is 2.18 bits per heavy atom. The first-order valence-electron chi connectivity index (χ1n) is 8.10. The summed E-state index contributed by atoms with van der Waals surface area (Å²) in [6.45, 7) is 8.06. The fourth-order valence-corrected chi connectivity index (χ4v) is 4.20. The van der Waals surface area contributed by atoms with E-state index >= 15 is 0 Å². The van der Waals surface area contributed by atoms with Gasteiger partial charge in [-0.1, -0.05) is 18.7 Å². The summed E-state index contributed by atoms with van der Waals surface area (Å²) in [6.07, 6.45) is 3.67. The van der Waals surface area contributed by atoms with Crippen LogP contribution < -0.4 is 0 Å². The van der Waals surface area contributed by atoms with Crippen molar-refractivity contribution in [3.05, 3.63) is 5.89 Å². The molecule has 6 nitrogen and oxygen atoms in total. The van der Waals surface area contributed by atoms with Crippen LogP contribution in [0.5, 0.6) is 0 Å². The van der Waals surface area contributed by atoms with Crippen LogP contribution in [0, 0.1) is 12.8 Å². The van der Waals surface area contributed by atoms with E-state index in [9.17, 15) is 4.79 Å². The number of hydrogen-bond acceptors (Lipinski definition) is 6. The topological polar surface area (TPSA) is 62.5 Å². The number of carbonyl (C=O) groups excluding carboxylic acids is 1. The Morgan fingerprint density at radius 3 is 2.91 bits per heavy atom. The van der Waals surface area contributed by atoms with Crippen molar-refractivity contribution >= 4 is 17.7 Å². The summed E-state index contributed by atoms with van der Waals surface area (Å²) in [5, 5.41) is 8.20. The van der Waals surface area contributed by atoms with Gasteiger partial charge in [0.2, 0.25) is 11.8 Å². The molecule has 3 aliphatic heterocycles. The Kier molecular flexibility index (Phi) is 5.03. The van der Waals surface area contributed by atoms with Gasteiger partial charge in [0.05, 0.1) is 5.75 Å². The minimum Gasteiger partial charge on any atom is -0.416 e. The molecule has 1 aromatic rings. The second kappa shape index (κ2) is 7.00. The molecule has 3 saturated heterocycles. The van der Waals surface area contributed by atoms with E-state index in [1.165, 1.54) is 31.0 Å². The SMILES string of the molecule is CCCN1C[C@@H]2CC[C@H]1CN(C(=O)CSc1nnc(C)o1)C2. The molecule has 22 heavy (non-hydrogen) atoms. The molecule has 0 unspecified atom stereocenters. The molecule has 4 heterocycles. The molecule has 122 valence electrons. The molecule has 1 aromatic heterocycles. The molecule has 0 aromatic carbocycles. The molecule has 4 rings (SSSR count). The normalized spacial score (nSPS) is 25.5. The number of carbonyl (C=O) groups is 1. The van der Waals surface area contributed by atoms with E-state index in [1.807, 2.05) is 4.90 Å². The number of rotatable bonds is 5. The molecule has 1 amide bonds. The lowest BCUT2D eigenvalue weighted by Crippen LogP contribution is -2.44. The first-order valence-corrected chi connectivity index (χ1v) is 9.09. The molecular formula is C15H24N4O2S.